The van der Waals surface area contributed by atoms with Crippen molar-refractivity contribution < 1.29 is 9.72 Å². The minimum absolute atomic E-state index is 0.113. The first-order valence-corrected chi connectivity index (χ1v) is 9.86. The molecule has 0 unspecified atom stereocenters. The third kappa shape index (κ3) is 4.94. The molecular formula is C20H27N5O5. The number of carbonyl (C=O) groups excluding carboxylic acids is 1. The lowest BCUT2D eigenvalue weighted by atomic mass is 10.1. The summed E-state index contributed by atoms with van der Waals surface area (Å²) in [6.45, 7) is 6.23. The Morgan fingerprint density at radius 2 is 1.97 bits per heavy atom. The summed E-state index contributed by atoms with van der Waals surface area (Å²) < 4.78 is 1.22. The Kier molecular flexibility index (Phi) is 7.51. The number of nitro benzene ring substituents is 1. The number of para-hydroxylation sites is 1. The molecule has 0 bridgehead atoms. The summed E-state index contributed by atoms with van der Waals surface area (Å²) in [5, 5.41) is 11.4. The van der Waals surface area contributed by atoms with E-state index in [1.165, 1.54) is 28.8 Å². The highest BCUT2D eigenvalue weighted by Crippen LogP contribution is 2.25. The molecule has 30 heavy (non-hydrogen) atoms. The van der Waals surface area contributed by atoms with Crippen LogP contribution >= 0.6 is 0 Å². The average molecular weight is 417 g/mol. The van der Waals surface area contributed by atoms with Crippen molar-refractivity contribution in [1.82, 2.24) is 9.55 Å². The van der Waals surface area contributed by atoms with E-state index in [0.29, 0.717) is 12.8 Å². The van der Waals surface area contributed by atoms with Crippen molar-refractivity contribution >= 4 is 23.1 Å². The number of benzene rings is 1. The van der Waals surface area contributed by atoms with Crippen LogP contribution < -0.4 is 21.9 Å². The van der Waals surface area contributed by atoms with Gasteiger partial charge in [-0.2, -0.15) is 0 Å². The van der Waals surface area contributed by atoms with E-state index in [0.717, 1.165) is 11.3 Å². The van der Waals surface area contributed by atoms with Crippen molar-refractivity contribution in [3.8, 4) is 0 Å². The molecule has 1 aromatic carbocycles. The summed E-state index contributed by atoms with van der Waals surface area (Å²) in [5.41, 5.74) is 4.00. The Morgan fingerprint density at radius 1 is 1.30 bits per heavy atom. The zero-order chi connectivity index (χ0) is 22.4. The van der Waals surface area contributed by atoms with Gasteiger partial charge in [-0.3, -0.25) is 29.3 Å². The van der Waals surface area contributed by atoms with Crippen molar-refractivity contribution in [2.45, 2.75) is 46.6 Å². The quantitative estimate of drug-likeness (QED) is 0.474. The third-order valence-electron chi connectivity index (χ3n) is 4.73. The molecule has 0 aliphatic rings. The monoisotopic (exact) mass is 417 g/mol. The molecule has 10 nitrogen and oxygen atoms in total. The molecule has 0 aliphatic heterocycles. The number of amides is 1. The zero-order valence-electron chi connectivity index (χ0n) is 17.4. The fourth-order valence-corrected chi connectivity index (χ4v) is 3.04. The van der Waals surface area contributed by atoms with Crippen LogP contribution in [0.5, 0.6) is 0 Å². The number of carbonyl (C=O) groups is 1. The van der Waals surface area contributed by atoms with E-state index >= 15 is 0 Å². The van der Waals surface area contributed by atoms with Crippen LogP contribution in [-0.2, 0) is 6.54 Å². The number of nitro groups is 1. The van der Waals surface area contributed by atoms with Gasteiger partial charge in [-0.05, 0) is 24.8 Å². The van der Waals surface area contributed by atoms with Crippen LogP contribution in [0.2, 0.25) is 0 Å². The average Bonchev–Trinajstić information content (AvgIpc) is 2.69. The van der Waals surface area contributed by atoms with Gasteiger partial charge in [-0.1, -0.05) is 39.3 Å². The van der Waals surface area contributed by atoms with Gasteiger partial charge in [0.25, 0.3) is 17.2 Å². The number of anilines is 2. The molecule has 1 heterocycles. The summed E-state index contributed by atoms with van der Waals surface area (Å²) in [4.78, 5) is 52.3. The van der Waals surface area contributed by atoms with Gasteiger partial charge in [0.15, 0.2) is 5.69 Å². The molecule has 0 radical (unpaired) electrons. The maximum Gasteiger partial charge on any atom is 0.330 e. The summed E-state index contributed by atoms with van der Waals surface area (Å²) in [6, 6.07) is 5.53. The van der Waals surface area contributed by atoms with Crippen molar-refractivity contribution in [3.05, 3.63) is 60.8 Å². The fourth-order valence-electron chi connectivity index (χ4n) is 3.04. The van der Waals surface area contributed by atoms with E-state index in [1.807, 2.05) is 20.8 Å². The fraction of sp³-hybridized carbons (Fsp3) is 0.450. The predicted molar refractivity (Wildman–Crippen MR) is 115 cm³/mol. The Morgan fingerprint density at radius 3 is 2.57 bits per heavy atom. The molecule has 1 aromatic heterocycles. The molecule has 0 spiro atoms. The number of nitrogens with two attached hydrogens (primary N) is 1. The lowest BCUT2D eigenvalue weighted by molar-refractivity contribution is -0.385. The number of hydrogen-bond donors (Lipinski definition) is 2. The highest BCUT2D eigenvalue weighted by Gasteiger charge is 2.29. The van der Waals surface area contributed by atoms with Gasteiger partial charge in [0.1, 0.15) is 11.4 Å². The van der Waals surface area contributed by atoms with Crippen molar-refractivity contribution in [3.63, 3.8) is 0 Å². The van der Waals surface area contributed by atoms with Gasteiger partial charge in [-0.15, -0.1) is 0 Å². The first-order valence-electron chi connectivity index (χ1n) is 9.86. The van der Waals surface area contributed by atoms with Crippen molar-refractivity contribution in [2.24, 2.45) is 5.92 Å². The van der Waals surface area contributed by atoms with Crippen LogP contribution in [0.4, 0.5) is 17.2 Å². The molecule has 1 amide bonds. The second-order valence-corrected chi connectivity index (χ2v) is 7.41. The number of nitrogens with zero attached hydrogens (tertiary/aromatic N) is 3. The Hall–Kier alpha value is -3.43. The first-order chi connectivity index (χ1) is 14.2. The van der Waals surface area contributed by atoms with Crippen LogP contribution in [-0.4, -0.2) is 26.9 Å². The minimum atomic E-state index is -0.805. The molecule has 0 fully saturated rings. The Bertz CT molecular complexity index is 1040. The van der Waals surface area contributed by atoms with Crippen molar-refractivity contribution in [2.75, 3.05) is 17.2 Å². The molecule has 0 aliphatic carbocycles. The van der Waals surface area contributed by atoms with Crippen LogP contribution in [0.3, 0.4) is 0 Å². The number of H-pyrrole nitrogens is 1. The van der Waals surface area contributed by atoms with Gasteiger partial charge in [0.05, 0.1) is 4.92 Å². The number of nitrogens with one attached hydrogen (secondary N) is 1. The number of nitrogen functional groups attached to an aromatic ring is 1. The number of unbranched alkanes of at least 4 members (excludes halogenated alkanes) is 1. The van der Waals surface area contributed by atoms with E-state index in [2.05, 4.69) is 4.98 Å². The van der Waals surface area contributed by atoms with Crippen molar-refractivity contribution in [1.29, 1.82) is 0 Å². The maximum atomic E-state index is 13.3. The smallest absolute Gasteiger partial charge is 0.330 e. The van der Waals surface area contributed by atoms with Crippen LogP contribution in [0.15, 0.2) is 33.9 Å². The largest absolute Gasteiger partial charge is 0.383 e. The van der Waals surface area contributed by atoms with Crippen LogP contribution in [0, 0.1) is 16.0 Å². The second kappa shape index (κ2) is 9.86. The zero-order valence-corrected chi connectivity index (χ0v) is 17.4. The molecule has 2 aromatic rings. The normalized spacial score (nSPS) is 10.9. The van der Waals surface area contributed by atoms with Crippen LogP contribution in [0.1, 0.15) is 50.4 Å². The highest BCUT2D eigenvalue weighted by atomic mass is 16.6. The second-order valence-electron chi connectivity index (χ2n) is 7.41. The number of aromatic amines is 1. The first kappa shape index (κ1) is 22.9. The third-order valence-corrected chi connectivity index (χ3v) is 4.73. The summed E-state index contributed by atoms with van der Waals surface area (Å²) >= 11 is 0. The summed E-state index contributed by atoms with van der Waals surface area (Å²) in [7, 11) is 0. The van der Waals surface area contributed by atoms with Gasteiger partial charge >= 0.3 is 5.69 Å². The topological polar surface area (TPSA) is 144 Å². The molecule has 0 saturated carbocycles. The number of rotatable bonds is 9. The lowest BCUT2D eigenvalue weighted by Crippen LogP contribution is -2.42. The van der Waals surface area contributed by atoms with Crippen LogP contribution in [0.25, 0.3) is 0 Å². The maximum absolute atomic E-state index is 13.3. The van der Waals surface area contributed by atoms with E-state index < -0.39 is 22.1 Å². The molecule has 10 heteroatoms. The molecule has 162 valence electrons. The molecule has 2 rings (SSSR count). The van der Waals surface area contributed by atoms with E-state index in [4.69, 9.17) is 5.73 Å². The predicted octanol–water partition coefficient (Wildman–Crippen LogP) is 2.52. The number of hydrogen-bond acceptors (Lipinski definition) is 6. The molecule has 0 atom stereocenters. The Labute approximate surface area is 173 Å². The Balaban J connectivity index is 2.66. The highest BCUT2D eigenvalue weighted by molar-refractivity contribution is 6.09. The standard InChI is InChI=1S/C20H27N5O5/c1-4-5-11-24-17(21)16(18(26)22-20(24)28)23(12-10-13(2)3)19(27)14-8-6-7-9-15(14)25(29)30/h6-9,13H,4-5,10-12,21H2,1-3H3,(H,22,26,28). The van der Waals surface area contributed by atoms with Gasteiger partial charge in [0, 0.05) is 19.2 Å². The van der Waals surface area contributed by atoms with Gasteiger partial charge in [-0.25, -0.2) is 4.79 Å². The van der Waals surface area contributed by atoms with E-state index in [9.17, 15) is 24.5 Å². The van der Waals surface area contributed by atoms with E-state index in [1.54, 1.807) is 0 Å². The molecular weight excluding hydrogens is 390 g/mol. The lowest BCUT2D eigenvalue weighted by Gasteiger charge is -2.25. The molecule has 3 N–H and O–H groups in total. The van der Waals surface area contributed by atoms with Gasteiger partial charge in [0.2, 0.25) is 0 Å². The summed E-state index contributed by atoms with van der Waals surface area (Å²) in [6.07, 6.45) is 1.98. The van der Waals surface area contributed by atoms with E-state index in [-0.39, 0.29) is 41.8 Å². The summed E-state index contributed by atoms with van der Waals surface area (Å²) in [5.74, 6) is -0.661. The minimum Gasteiger partial charge on any atom is -0.383 e. The molecule has 0 saturated heterocycles. The van der Waals surface area contributed by atoms with Gasteiger partial charge < -0.3 is 10.6 Å². The number of aromatic nitrogens is 2. The SMILES string of the molecule is CCCCn1c(N)c(N(CCC(C)C)C(=O)c2ccccc2[N+](=O)[O-])c(=O)[nH]c1=O.